The molecule has 272 valence electrons. The van der Waals surface area contributed by atoms with E-state index in [0.717, 1.165) is 18.2 Å². The zero-order valence-corrected chi connectivity index (χ0v) is 27.9. The first-order chi connectivity index (χ1) is 24.1. The second-order valence-corrected chi connectivity index (χ2v) is 13.1. The van der Waals surface area contributed by atoms with Crippen molar-refractivity contribution in [1.29, 1.82) is 0 Å². The van der Waals surface area contributed by atoms with Gasteiger partial charge in [-0.15, -0.1) is 15.3 Å². The zero-order valence-electron chi connectivity index (χ0n) is 26.3. The van der Waals surface area contributed by atoms with Crippen LogP contribution < -0.4 is 19.9 Å². The summed E-state index contributed by atoms with van der Waals surface area (Å²) in [6, 6.07) is 11.1. The Kier molecular flexibility index (Phi) is 12.4. The van der Waals surface area contributed by atoms with E-state index < -0.39 is 59.7 Å². The van der Waals surface area contributed by atoms with Crippen molar-refractivity contribution in [1.82, 2.24) is 0 Å². The number of aliphatic carboxylic acids is 1. The van der Waals surface area contributed by atoms with Crippen LogP contribution in [0.25, 0.3) is 10.8 Å². The number of anilines is 1. The Morgan fingerprint density at radius 3 is 1.76 bits per heavy atom. The number of azo groups is 2. The number of nitrogen functional groups attached to an aromatic ring is 1. The molecule has 0 bridgehead atoms. The van der Waals surface area contributed by atoms with Crippen LogP contribution in [0.15, 0.2) is 84.8 Å². The number of phenols is 1. The largest absolute Gasteiger partial charge is 0.505 e. The molecule has 0 fully saturated rings. The minimum atomic E-state index is -5.14. The third-order valence-corrected chi connectivity index (χ3v) is 8.40. The summed E-state index contributed by atoms with van der Waals surface area (Å²) < 4.78 is 84.3. The van der Waals surface area contributed by atoms with Gasteiger partial charge in [0.15, 0.2) is 12.4 Å². The molecule has 19 nitrogen and oxygen atoms in total. The van der Waals surface area contributed by atoms with Gasteiger partial charge in [0.05, 0.1) is 24.6 Å². The summed E-state index contributed by atoms with van der Waals surface area (Å²) in [6.07, 6.45) is 0.398. The molecule has 0 amide bonds. The molecule has 0 saturated heterocycles. The maximum absolute atomic E-state index is 12.4. The fraction of sp³-hybridized carbons (Fsp3) is 0.233. The lowest BCUT2D eigenvalue weighted by molar-refractivity contribution is -0.139. The fourth-order valence-corrected chi connectivity index (χ4v) is 5.59. The Labute approximate surface area is 289 Å². The zero-order chi connectivity index (χ0) is 37.3. The molecule has 0 aliphatic carbocycles. The first-order valence-corrected chi connectivity index (χ1v) is 17.5. The number of aliphatic hydroxyl groups excluding tert-OH is 2. The van der Waals surface area contributed by atoms with E-state index in [4.69, 9.17) is 25.1 Å². The average Bonchev–Trinajstić information content (AvgIpc) is 3.06. The summed E-state index contributed by atoms with van der Waals surface area (Å²) in [6.45, 7) is -1.02. The highest BCUT2D eigenvalue weighted by molar-refractivity contribution is 7.86. The van der Waals surface area contributed by atoms with Gasteiger partial charge in [0.2, 0.25) is 0 Å². The fourth-order valence-electron chi connectivity index (χ4n) is 4.30. The van der Waals surface area contributed by atoms with Gasteiger partial charge in [0.25, 0.3) is 20.2 Å². The number of ether oxygens (including phenoxy) is 3. The molecule has 0 aliphatic rings. The number of rotatable bonds is 17. The van der Waals surface area contributed by atoms with Crippen molar-refractivity contribution < 1.29 is 65.4 Å². The molecule has 4 aromatic rings. The topological polar surface area (TPSA) is 310 Å². The van der Waals surface area contributed by atoms with E-state index in [1.165, 1.54) is 36.4 Å². The van der Waals surface area contributed by atoms with Crippen molar-refractivity contribution in [3.63, 3.8) is 0 Å². The van der Waals surface area contributed by atoms with Gasteiger partial charge >= 0.3 is 5.97 Å². The lowest BCUT2D eigenvalue weighted by atomic mass is 10.1. The van der Waals surface area contributed by atoms with E-state index in [9.17, 15) is 46.1 Å². The SMILES string of the molecule is Nc1cc2c(O)c(N=Nc3cc(OCCCO)c(N=Nc4ccc(OCC(=O)O)cc4)cc3OCCCO)c(S(=O)(=O)O)cc2cc1S(=O)(=O)O. The molecule has 0 spiro atoms. The van der Waals surface area contributed by atoms with Crippen LogP contribution >= 0.6 is 0 Å². The Hall–Kier alpha value is -5.45. The van der Waals surface area contributed by atoms with Gasteiger partial charge in [-0.2, -0.15) is 21.9 Å². The first-order valence-electron chi connectivity index (χ1n) is 14.6. The highest BCUT2D eigenvalue weighted by Gasteiger charge is 2.25. The number of phenolic OH excluding ortho intramolecular Hbond substituents is 1. The van der Waals surface area contributed by atoms with E-state index in [1.54, 1.807) is 0 Å². The predicted octanol–water partition coefficient (Wildman–Crippen LogP) is 4.44. The molecule has 0 aliphatic heterocycles. The van der Waals surface area contributed by atoms with Gasteiger partial charge in [-0.1, -0.05) is 0 Å². The van der Waals surface area contributed by atoms with Crippen LogP contribution in [0.3, 0.4) is 0 Å². The number of aliphatic hydroxyl groups is 2. The number of hydrogen-bond acceptors (Lipinski definition) is 16. The van der Waals surface area contributed by atoms with E-state index in [-0.39, 0.29) is 78.7 Å². The van der Waals surface area contributed by atoms with E-state index in [2.05, 4.69) is 20.5 Å². The summed E-state index contributed by atoms with van der Waals surface area (Å²) in [5.41, 5.74) is 4.80. The molecule has 0 radical (unpaired) electrons. The van der Waals surface area contributed by atoms with Gasteiger partial charge in [-0.05, 0) is 47.9 Å². The van der Waals surface area contributed by atoms with E-state index >= 15 is 0 Å². The molecule has 0 unspecified atom stereocenters. The maximum Gasteiger partial charge on any atom is 0.341 e. The summed E-state index contributed by atoms with van der Waals surface area (Å²) >= 11 is 0. The number of nitrogens with two attached hydrogens (primary N) is 1. The lowest BCUT2D eigenvalue weighted by Crippen LogP contribution is -2.09. The molecule has 51 heavy (non-hydrogen) atoms. The third-order valence-electron chi connectivity index (χ3n) is 6.63. The van der Waals surface area contributed by atoms with Crippen molar-refractivity contribution in [2.45, 2.75) is 22.6 Å². The molecule has 0 aromatic heterocycles. The molecule has 0 saturated carbocycles. The van der Waals surface area contributed by atoms with Crippen LogP contribution in [0, 0.1) is 0 Å². The second kappa shape index (κ2) is 16.5. The summed E-state index contributed by atoms with van der Waals surface area (Å²) in [5, 5.41) is 54.2. The number of carboxylic acids is 1. The van der Waals surface area contributed by atoms with Gasteiger partial charge in [-0.3, -0.25) is 9.11 Å². The van der Waals surface area contributed by atoms with Crippen LogP contribution in [0.1, 0.15) is 12.8 Å². The standard InChI is InChI=1S/C30H31N5O14S2/c31-21-13-20-17(11-26(21)50(41,42)43)12-27(51(44,45)46)29(30(20)40)35-34-23-15-24(47-9-1-7-36)22(14-25(23)48-10-2-8-37)33-32-18-3-5-19(6-4-18)49-16-28(38)39/h3-6,11-15,36-37,40H,1-2,7-10,16,31H2,(H,38,39)(H,41,42,43)(H,44,45,46). The van der Waals surface area contributed by atoms with E-state index in [0.29, 0.717) is 5.69 Å². The number of hydrogen-bond donors (Lipinski definition) is 7. The Morgan fingerprint density at radius 2 is 1.25 bits per heavy atom. The molecule has 8 N–H and O–H groups in total. The van der Waals surface area contributed by atoms with Gasteiger partial charge in [-0.25, -0.2) is 4.79 Å². The average molecular weight is 750 g/mol. The number of carboxylic acid groups (broad SMARTS) is 1. The number of aromatic hydroxyl groups is 1. The summed E-state index contributed by atoms with van der Waals surface area (Å²) in [7, 11) is -9.99. The summed E-state index contributed by atoms with van der Waals surface area (Å²) in [4.78, 5) is 8.99. The summed E-state index contributed by atoms with van der Waals surface area (Å²) in [5.74, 6) is -1.73. The molecule has 21 heteroatoms. The first kappa shape index (κ1) is 38.4. The Morgan fingerprint density at radius 1 is 0.725 bits per heavy atom. The van der Waals surface area contributed by atoms with Crippen molar-refractivity contribution in [3.05, 3.63) is 54.6 Å². The molecule has 4 aromatic carbocycles. The van der Waals surface area contributed by atoms with Crippen molar-refractivity contribution >= 4 is 65.4 Å². The minimum Gasteiger partial charge on any atom is -0.505 e. The highest BCUT2D eigenvalue weighted by Crippen LogP contribution is 2.45. The predicted molar refractivity (Wildman–Crippen MR) is 178 cm³/mol. The molecular weight excluding hydrogens is 718 g/mol. The van der Waals surface area contributed by atoms with E-state index in [1.807, 2.05) is 0 Å². The minimum absolute atomic E-state index is 0.00126. The second-order valence-electron chi connectivity index (χ2n) is 10.3. The molecule has 0 atom stereocenters. The Balaban J connectivity index is 1.83. The number of fused-ring (bicyclic) bond motifs is 1. The van der Waals surface area contributed by atoms with Gasteiger partial charge < -0.3 is 40.4 Å². The third kappa shape index (κ3) is 10.1. The van der Waals surface area contributed by atoms with Crippen LogP contribution in [0.2, 0.25) is 0 Å². The maximum atomic E-state index is 12.4. The smallest absolute Gasteiger partial charge is 0.341 e. The number of benzene rings is 4. The molecule has 0 heterocycles. The quantitative estimate of drug-likeness (QED) is 0.0340. The molecular formula is C30H31N5O14S2. The number of nitrogens with zero attached hydrogens (tertiary/aromatic N) is 4. The van der Waals surface area contributed by atoms with Crippen LogP contribution in [0.4, 0.5) is 28.4 Å². The van der Waals surface area contributed by atoms with Gasteiger partial charge in [0.1, 0.15) is 44.1 Å². The Bertz CT molecular complexity index is 2190. The van der Waals surface area contributed by atoms with Gasteiger partial charge in [0, 0.05) is 43.6 Å². The van der Waals surface area contributed by atoms with Crippen LogP contribution in [-0.4, -0.2) is 85.4 Å². The van der Waals surface area contributed by atoms with Crippen molar-refractivity contribution in [2.75, 3.05) is 38.8 Å². The van der Waals surface area contributed by atoms with Crippen molar-refractivity contribution in [2.24, 2.45) is 20.5 Å². The normalized spacial score (nSPS) is 12.2. The lowest BCUT2D eigenvalue weighted by Gasteiger charge is -2.14. The number of carbonyl (C=O) groups is 1. The monoisotopic (exact) mass is 749 g/mol. The van der Waals surface area contributed by atoms with Crippen molar-refractivity contribution in [3.8, 4) is 23.0 Å². The molecule has 4 rings (SSSR count). The highest BCUT2D eigenvalue weighted by atomic mass is 32.2. The van der Waals surface area contributed by atoms with Crippen LogP contribution in [-0.2, 0) is 25.0 Å². The van der Waals surface area contributed by atoms with Crippen LogP contribution in [0.5, 0.6) is 23.0 Å².